The summed E-state index contributed by atoms with van der Waals surface area (Å²) in [6, 6.07) is 23.0. The van der Waals surface area contributed by atoms with Gasteiger partial charge >= 0.3 is 0 Å². The molecule has 1 unspecified atom stereocenters. The standard InChI is InChI=1S/C25H23N3O2S2/c1-16-8-6-7-11-20(16)24(30)27-19-12-13-21-22(14-19)32-25(28-21)31-15-23(29)26-17(2)18-9-4-3-5-10-18/h3-14,17H,15H2,1-2H3,(H,26,29)(H,27,30). The van der Waals surface area contributed by atoms with Crippen molar-refractivity contribution in [2.75, 3.05) is 11.1 Å². The number of nitrogens with one attached hydrogen (secondary N) is 2. The summed E-state index contributed by atoms with van der Waals surface area (Å²) in [5.41, 5.74) is 4.24. The van der Waals surface area contributed by atoms with E-state index in [1.54, 1.807) is 0 Å². The number of hydrogen-bond acceptors (Lipinski definition) is 5. The molecule has 0 bridgehead atoms. The van der Waals surface area contributed by atoms with Crippen molar-refractivity contribution in [1.29, 1.82) is 0 Å². The molecule has 4 aromatic rings. The number of rotatable bonds is 7. The fourth-order valence-corrected chi connectivity index (χ4v) is 5.22. The fourth-order valence-electron chi connectivity index (χ4n) is 3.30. The van der Waals surface area contributed by atoms with Crippen LogP contribution in [0.4, 0.5) is 5.69 Å². The highest BCUT2D eigenvalue weighted by molar-refractivity contribution is 8.01. The number of aryl methyl sites for hydroxylation is 1. The third kappa shape index (κ3) is 5.36. The number of anilines is 1. The molecule has 2 amide bonds. The van der Waals surface area contributed by atoms with E-state index in [2.05, 4.69) is 15.6 Å². The number of fused-ring (bicyclic) bond motifs is 1. The summed E-state index contributed by atoms with van der Waals surface area (Å²) in [5.74, 6) is 0.135. The number of hydrogen-bond donors (Lipinski definition) is 2. The summed E-state index contributed by atoms with van der Waals surface area (Å²) in [7, 11) is 0. The maximum atomic E-state index is 12.6. The SMILES string of the molecule is Cc1ccccc1C(=O)Nc1ccc2nc(SCC(=O)NC(C)c3ccccc3)sc2c1. The number of amides is 2. The molecule has 7 heteroatoms. The van der Waals surface area contributed by atoms with Gasteiger partial charge in [0.25, 0.3) is 5.91 Å². The molecule has 5 nitrogen and oxygen atoms in total. The lowest BCUT2D eigenvalue weighted by Gasteiger charge is -2.13. The first-order valence-corrected chi connectivity index (χ1v) is 12.0. The van der Waals surface area contributed by atoms with Crippen LogP contribution in [-0.4, -0.2) is 22.6 Å². The first-order chi connectivity index (χ1) is 15.5. The van der Waals surface area contributed by atoms with Crippen LogP contribution in [0.15, 0.2) is 77.1 Å². The molecule has 32 heavy (non-hydrogen) atoms. The number of aromatic nitrogens is 1. The van der Waals surface area contributed by atoms with Crippen LogP contribution in [0.5, 0.6) is 0 Å². The van der Waals surface area contributed by atoms with Crippen molar-refractivity contribution in [1.82, 2.24) is 10.3 Å². The normalized spacial score (nSPS) is 11.8. The molecule has 3 aromatic carbocycles. The quantitative estimate of drug-likeness (QED) is 0.340. The molecule has 1 aromatic heterocycles. The molecule has 1 heterocycles. The summed E-state index contributed by atoms with van der Waals surface area (Å²) in [5, 5.41) is 5.98. The van der Waals surface area contributed by atoms with Gasteiger partial charge in [-0.1, -0.05) is 60.3 Å². The van der Waals surface area contributed by atoms with Gasteiger partial charge < -0.3 is 10.6 Å². The average molecular weight is 462 g/mol. The molecule has 162 valence electrons. The molecule has 0 aliphatic rings. The van der Waals surface area contributed by atoms with Gasteiger partial charge in [0, 0.05) is 11.3 Å². The average Bonchev–Trinajstić information content (AvgIpc) is 3.21. The highest BCUT2D eigenvalue weighted by Crippen LogP contribution is 2.31. The van der Waals surface area contributed by atoms with Gasteiger partial charge in [0.15, 0.2) is 4.34 Å². The lowest BCUT2D eigenvalue weighted by Crippen LogP contribution is -2.28. The second kappa shape index (κ2) is 9.97. The Hall–Kier alpha value is -3.16. The van der Waals surface area contributed by atoms with Crippen LogP contribution in [0, 0.1) is 6.92 Å². The summed E-state index contributed by atoms with van der Waals surface area (Å²) in [6.07, 6.45) is 0. The second-order valence-corrected chi connectivity index (χ2v) is 9.67. The van der Waals surface area contributed by atoms with Crippen molar-refractivity contribution in [2.24, 2.45) is 0 Å². The molecule has 0 fully saturated rings. The van der Waals surface area contributed by atoms with Gasteiger partial charge in [-0.25, -0.2) is 4.98 Å². The minimum atomic E-state index is -0.134. The fraction of sp³-hybridized carbons (Fsp3) is 0.160. The van der Waals surface area contributed by atoms with Gasteiger partial charge in [-0.2, -0.15) is 0 Å². The Morgan fingerprint density at radius 3 is 2.56 bits per heavy atom. The summed E-state index contributed by atoms with van der Waals surface area (Å²) >= 11 is 2.93. The highest BCUT2D eigenvalue weighted by Gasteiger charge is 2.13. The Bertz CT molecular complexity index is 1250. The van der Waals surface area contributed by atoms with Crippen LogP contribution >= 0.6 is 23.1 Å². The maximum Gasteiger partial charge on any atom is 0.255 e. The van der Waals surface area contributed by atoms with Crippen molar-refractivity contribution < 1.29 is 9.59 Å². The second-order valence-electron chi connectivity index (χ2n) is 7.42. The molecule has 4 rings (SSSR count). The molecule has 0 aliphatic heterocycles. The lowest BCUT2D eigenvalue weighted by atomic mass is 10.1. The summed E-state index contributed by atoms with van der Waals surface area (Å²) in [6.45, 7) is 3.89. The predicted octanol–water partition coefficient (Wildman–Crippen LogP) is 5.83. The monoisotopic (exact) mass is 461 g/mol. The zero-order valence-electron chi connectivity index (χ0n) is 17.8. The zero-order valence-corrected chi connectivity index (χ0v) is 19.4. The minimum Gasteiger partial charge on any atom is -0.349 e. The van der Waals surface area contributed by atoms with Crippen LogP contribution < -0.4 is 10.6 Å². The molecule has 1 atom stereocenters. The third-order valence-corrected chi connectivity index (χ3v) is 7.18. The highest BCUT2D eigenvalue weighted by atomic mass is 32.2. The van der Waals surface area contributed by atoms with Gasteiger partial charge in [0.1, 0.15) is 0 Å². The molecule has 0 radical (unpaired) electrons. The Kier molecular flexibility index (Phi) is 6.87. The van der Waals surface area contributed by atoms with E-state index in [9.17, 15) is 9.59 Å². The van der Waals surface area contributed by atoms with E-state index in [0.29, 0.717) is 11.3 Å². The van der Waals surface area contributed by atoms with Crippen LogP contribution in [0.1, 0.15) is 34.5 Å². The predicted molar refractivity (Wildman–Crippen MR) is 132 cm³/mol. The van der Waals surface area contributed by atoms with Gasteiger partial charge in [0.05, 0.1) is 22.0 Å². The number of carbonyl (C=O) groups is 2. The van der Waals surface area contributed by atoms with Crippen LogP contribution in [0.25, 0.3) is 10.2 Å². The van der Waals surface area contributed by atoms with Crippen molar-refractivity contribution in [2.45, 2.75) is 24.2 Å². The molecule has 0 spiro atoms. The van der Waals surface area contributed by atoms with E-state index in [1.165, 1.54) is 23.1 Å². The van der Waals surface area contributed by atoms with Gasteiger partial charge in [-0.05, 0) is 49.2 Å². The van der Waals surface area contributed by atoms with Gasteiger partial charge in [-0.3, -0.25) is 9.59 Å². The Balaban J connectivity index is 1.37. The van der Waals surface area contributed by atoms with Gasteiger partial charge in [0.2, 0.25) is 5.91 Å². The van der Waals surface area contributed by atoms with Crippen molar-refractivity contribution in [3.8, 4) is 0 Å². The number of thiazole rings is 1. The Labute approximate surface area is 195 Å². The molecular formula is C25H23N3O2S2. The van der Waals surface area contributed by atoms with Gasteiger partial charge in [-0.15, -0.1) is 11.3 Å². The topological polar surface area (TPSA) is 71.1 Å². The van der Waals surface area contributed by atoms with E-state index in [4.69, 9.17) is 0 Å². The van der Waals surface area contributed by atoms with Crippen molar-refractivity contribution in [3.05, 3.63) is 89.5 Å². The van der Waals surface area contributed by atoms with Crippen LogP contribution in [-0.2, 0) is 4.79 Å². The van der Waals surface area contributed by atoms with E-state index in [-0.39, 0.29) is 17.9 Å². The first-order valence-electron chi connectivity index (χ1n) is 10.2. The van der Waals surface area contributed by atoms with E-state index in [0.717, 1.165) is 31.4 Å². The minimum absolute atomic E-state index is 0.0307. The van der Waals surface area contributed by atoms with Crippen LogP contribution in [0.3, 0.4) is 0 Å². The molecule has 2 N–H and O–H groups in total. The Morgan fingerprint density at radius 2 is 1.78 bits per heavy atom. The lowest BCUT2D eigenvalue weighted by molar-refractivity contribution is -0.119. The molecule has 0 saturated heterocycles. The van der Waals surface area contributed by atoms with E-state index >= 15 is 0 Å². The first kappa shape index (κ1) is 22.0. The van der Waals surface area contributed by atoms with E-state index < -0.39 is 0 Å². The molecule has 0 aliphatic carbocycles. The Morgan fingerprint density at radius 1 is 1.03 bits per heavy atom. The summed E-state index contributed by atoms with van der Waals surface area (Å²) in [4.78, 5) is 29.5. The van der Waals surface area contributed by atoms with Crippen molar-refractivity contribution in [3.63, 3.8) is 0 Å². The molecular weight excluding hydrogens is 438 g/mol. The maximum absolute atomic E-state index is 12.6. The zero-order chi connectivity index (χ0) is 22.5. The number of benzene rings is 3. The number of nitrogens with zero attached hydrogens (tertiary/aromatic N) is 1. The third-order valence-electron chi connectivity index (χ3n) is 5.02. The number of carbonyl (C=O) groups excluding carboxylic acids is 2. The van der Waals surface area contributed by atoms with E-state index in [1.807, 2.05) is 86.6 Å². The smallest absolute Gasteiger partial charge is 0.255 e. The largest absolute Gasteiger partial charge is 0.349 e. The summed E-state index contributed by atoms with van der Waals surface area (Å²) < 4.78 is 1.79. The molecule has 0 saturated carbocycles. The van der Waals surface area contributed by atoms with Crippen LogP contribution in [0.2, 0.25) is 0 Å². The van der Waals surface area contributed by atoms with Crippen molar-refractivity contribution >= 4 is 50.8 Å². The number of thioether (sulfide) groups is 1.